The highest BCUT2D eigenvalue weighted by molar-refractivity contribution is 8.13. The quantitative estimate of drug-likeness (QED) is 0.615. The van der Waals surface area contributed by atoms with E-state index in [1.54, 1.807) is 18.2 Å². The lowest BCUT2D eigenvalue weighted by atomic mass is 10.3. The third-order valence-electron chi connectivity index (χ3n) is 1.31. The van der Waals surface area contributed by atoms with Crippen molar-refractivity contribution in [1.29, 1.82) is 0 Å². The van der Waals surface area contributed by atoms with Crippen molar-refractivity contribution in [3.63, 3.8) is 0 Å². The number of rotatable bonds is 3. The van der Waals surface area contributed by atoms with Gasteiger partial charge < -0.3 is 8.92 Å². The summed E-state index contributed by atoms with van der Waals surface area (Å²) in [6, 6.07) is 6.55. The maximum absolute atomic E-state index is 10.8. The summed E-state index contributed by atoms with van der Waals surface area (Å²) >= 11 is 0. The molecule has 0 saturated carbocycles. The first kappa shape index (κ1) is 17.0. The molecule has 0 aliphatic rings. The second-order valence-electron chi connectivity index (χ2n) is 3.12. The molecule has 0 radical (unpaired) electrons. The number of halogens is 1. The number of hydrogen-bond donors (Lipinski definition) is 0. The fourth-order valence-corrected chi connectivity index (χ4v) is 1.31. The molecule has 9 heteroatoms. The molecule has 0 fully saturated rings. The van der Waals surface area contributed by atoms with Gasteiger partial charge in [0, 0.05) is 10.7 Å². The Balaban J connectivity index is 0.000000494. The van der Waals surface area contributed by atoms with Crippen molar-refractivity contribution in [3.8, 4) is 11.5 Å². The Morgan fingerprint density at radius 3 is 1.72 bits per heavy atom. The maximum atomic E-state index is 10.8. The van der Waals surface area contributed by atoms with Crippen LogP contribution in [0.4, 0.5) is 0 Å². The minimum Gasteiger partial charge on any atom is -0.493 e. The molecule has 0 heterocycles. The van der Waals surface area contributed by atoms with Crippen LogP contribution in [0.2, 0.25) is 0 Å². The Hall–Kier alpha value is -0.990. The molecule has 0 spiro atoms. The zero-order valence-corrected chi connectivity index (χ0v) is 12.3. The van der Waals surface area contributed by atoms with Gasteiger partial charge in [-0.1, -0.05) is 12.1 Å². The summed E-state index contributed by atoms with van der Waals surface area (Å²) in [6.07, 6.45) is 1.91. The molecule has 0 aliphatic carbocycles. The Morgan fingerprint density at radius 1 is 1.00 bits per heavy atom. The minimum atomic E-state index is -3.49. The van der Waals surface area contributed by atoms with E-state index in [0.29, 0.717) is 5.75 Å². The summed E-state index contributed by atoms with van der Waals surface area (Å²) in [4.78, 5) is 0. The second-order valence-corrected chi connectivity index (χ2v) is 7.74. The van der Waals surface area contributed by atoms with Crippen LogP contribution in [0.25, 0.3) is 0 Å². The average molecular weight is 317 g/mol. The van der Waals surface area contributed by atoms with Crippen LogP contribution in [0.5, 0.6) is 11.5 Å². The molecule has 0 aromatic heterocycles. The highest BCUT2D eigenvalue weighted by Gasteiger charge is 2.08. The lowest BCUT2D eigenvalue weighted by molar-refractivity contribution is 0.391. The fraction of sp³-hybridized carbons (Fsp3) is 0.333. The Kier molecular flexibility index (Phi) is 6.44. The molecule has 6 nitrogen and oxygen atoms in total. The molecule has 18 heavy (non-hydrogen) atoms. The highest BCUT2D eigenvalue weighted by Crippen LogP contribution is 2.26. The summed E-state index contributed by atoms with van der Waals surface area (Å²) in [5, 5.41) is 0. The molecule has 104 valence electrons. The van der Waals surface area contributed by atoms with Gasteiger partial charge in [0.25, 0.3) is 0 Å². The Labute approximate surface area is 111 Å². The van der Waals surface area contributed by atoms with Gasteiger partial charge in [-0.25, -0.2) is 8.42 Å². The average Bonchev–Trinajstić information content (AvgIpc) is 2.13. The topological polar surface area (TPSA) is 86.7 Å². The normalized spacial score (nSPS) is 11.1. The number of benzene rings is 1. The van der Waals surface area contributed by atoms with Crippen molar-refractivity contribution in [2.45, 2.75) is 0 Å². The Bertz CT molecular complexity index is 571. The third-order valence-corrected chi connectivity index (χ3v) is 1.79. The molecule has 0 atom stereocenters. The molecule has 0 N–H and O–H groups in total. The highest BCUT2D eigenvalue weighted by atomic mass is 35.7. The number of para-hydroxylation sites is 2. The molecule has 1 aromatic rings. The van der Waals surface area contributed by atoms with Crippen LogP contribution in [0.3, 0.4) is 0 Å². The molecule has 1 rings (SSSR count). The first-order valence-electron chi connectivity index (χ1n) is 4.45. The fourth-order valence-electron chi connectivity index (χ4n) is 0.851. The summed E-state index contributed by atoms with van der Waals surface area (Å²) in [7, 11) is -0.733. The van der Waals surface area contributed by atoms with Crippen LogP contribution in [0.1, 0.15) is 0 Å². The van der Waals surface area contributed by atoms with Gasteiger partial charge >= 0.3 is 10.1 Å². The number of hydrogen-bond acceptors (Lipinski definition) is 6. The van der Waals surface area contributed by atoms with E-state index in [0.717, 1.165) is 12.5 Å². The zero-order valence-electron chi connectivity index (χ0n) is 9.95. The van der Waals surface area contributed by atoms with E-state index in [9.17, 15) is 16.8 Å². The zero-order chi connectivity index (χ0) is 14.4. The molecular formula is C9H13ClO6S2. The first-order chi connectivity index (χ1) is 8.03. The van der Waals surface area contributed by atoms with E-state index < -0.39 is 19.2 Å². The molecule has 0 aliphatic heterocycles. The number of ether oxygens (including phenoxy) is 1. The summed E-state index contributed by atoms with van der Waals surface area (Å²) in [5.74, 6) is 0.598. The van der Waals surface area contributed by atoms with Gasteiger partial charge in [-0.3, -0.25) is 0 Å². The SMILES string of the molecule is COc1ccccc1OS(C)(=O)=O.CS(=O)(=O)Cl. The van der Waals surface area contributed by atoms with E-state index in [4.69, 9.17) is 4.74 Å². The predicted octanol–water partition coefficient (Wildman–Crippen LogP) is 1.22. The standard InChI is InChI=1S/C8H10O4S.CH3ClO2S/c1-11-7-5-3-4-6-8(7)12-13(2,9)10;1-5(2,3)4/h3-6H,1-2H3;1H3. The molecule has 0 saturated heterocycles. The predicted molar refractivity (Wildman–Crippen MR) is 69.2 cm³/mol. The van der Waals surface area contributed by atoms with E-state index in [1.807, 2.05) is 0 Å². The molecule has 0 unspecified atom stereocenters. The lowest BCUT2D eigenvalue weighted by Crippen LogP contribution is -2.06. The largest absolute Gasteiger partial charge is 0.493 e. The summed E-state index contributed by atoms with van der Waals surface area (Å²) in [6.45, 7) is 0. The van der Waals surface area contributed by atoms with Gasteiger partial charge in [-0.15, -0.1) is 0 Å². The smallest absolute Gasteiger partial charge is 0.306 e. The summed E-state index contributed by atoms with van der Waals surface area (Å²) < 4.78 is 49.9. The molecule has 1 aromatic carbocycles. The Morgan fingerprint density at radius 2 is 1.39 bits per heavy atom. The van der Waals surface area contributed by atoms with E-state index in [1.165, 1.54) is 13.2 Å². The van der Waals surface area contributed by atoms with E-state index in [-0.39, 0.29) is 5.75 Å². The maximum Gasteiger partial charge on any atom is 0.306 e. The van der Waals surface area contributed by atoms with Crippen molar-refractivity contribution in [2.75, 3.05) is 19.6 Å². The van der Waals surface area contributed by atoms with Crippen LogP contribution in [-0.2, 0) is 19.2 Å². The van der Waals surface area contributed by atoms with Crippen LogP contribution in [0.15, 0.2) is 24.3 Å². The first-order valence-corrected chi connectivity index (χ1v) is 8.98. The van der Waals surface area contributed by atoms with Crippen LogP contribution in [-0.4, -0.2) is 36.5 Å². The second kappa shape index (κ2) is 6.81. The molecular weight excluding hydrogens is 304 g/mol. The molecule has 0 bridgehead atoms. The van der Waals surface area contributed by atoms with Crippen molar-refractivity contribution in [3.05, 3.63) is 24.3 Å². The van der Waals surface area contributed by atoms with Gasteiger partial charge in [0.2, 0.25) is 9.05 Å². The van der Waals surface area contributed by atoms with Crippen molar-refractivity contribution in [2.24, 2.45) is 0 Å². The van der Waals surface area contributed by atoms with Gasteiger partial charge in [0.05, 0.1) is 19.6 Å². The van der Waals surface area contributed by atoms with Gasteiger partial charge in [0.15, 0.2) is 11.5 Å². The van der Waals surface area contributed by atoms with Crippen LogP contribution < -0.4 is 8.92 Å². The van der Waals surface area contributed by atoms with E-state index in [2.05, 4.69) is 14.9 Å². The van der Waals surface area contributed by atoms with Gasteiger partial charge in [-0.05, 0) is 12.1 Å². The third kappa shape index (κ3) is 10.2. The van der Waals surface area contributed by atoms with Crippen molar-refractivity contribution in [1.82, 2.24) is 0 Å². The summed E-state index contributed by atoms with van der Waals surface area (Å²) in [5.41, 5.74) is 0. The van der Waals surface area contributed by atoms with Gasteiger partial charge in [-0.2, -0.15) is 8.42 Å². The van der Waals surface area contributed by atoms with Crippen LogP contribution >= 0.6 is 10.7 Å². The lowest BCUT2D eigenvalue weighted by Gasteiger charge is -2.06. The minimum absolute atomic E-state index is 0.201. The monoisotopic (exact) mass is 316 g/mol. The van der Waals surface area contributed by atoms with Crippen molar-refractivity contribution < 1.29 is 25.8 Å². The molecule has 0 amide bonds. The van der Waals surface area contributed by atoms with Crippen molar-refractivity contribution >= 4 is 29.9 Å². The van der Waals surface area contributed by atoms with Crippen LogP contribution in [0, 0.1) is 0 Å². The number of methoxy groups -OCH3 is 1. The van der Waals surface area contributed by atoms with E-state index >= 15 is 0 Å². The van der Waals surface area contributed by atoms with Gasteiger partial charge in [0.1, 0.15) is 0 Å².